The Labute approximate surface area is 222 Å². The van der Waals surface area contributed by atoms with Gasteiger partial charge in [0.2, 0.25) is 11.8 Å². The number of hydrogen-bond acceptors (Lipinski definition) is 4. The van der Waals surface area contributed by atoms with Crippen LogP contribution in [0.15, 0.2) is 60.7 Å². The molecular formula is C30H43N3O4. The van der Waals surface area contributed by atoms with Crippen LogP contribution in [-0.2, 0) is 20.9 Å². The van der Waals surface area contributed by atoms with Gasteiger partial charge in [-0.25, -0.2) is 4.79 Å². The first kappa shape index (κ1) is 29.9. The van der Waals surface area contributed by atoms with E-state index in [-0.39, 0.29) is 23.8 Å². The van der Waals surface area contributed by atoms with E-state index in [1.54, 1.807) is 25.7 Å². The second-order valence-corrected chi connectivity index (χ2v) is 10.8. The molecule has 0 saturated carbocycles. The predicted molar refractivity (Wildman–Crippen MR) is 147 cm³/mol. The van der Waals surface area contributed by atoms with Crippen LogP contribution in [0.5, 0.6) is 0 Å². The number of benzene rings is 2. The maximum atomic E-state index is 14.1. The minimum absolute atomic E-state index is 0.129. The molecule has 0 aliphatic heterocycles. The van der Waals surface area contributed by atoms with Gasteiger partial charge in [-0.05, 0) is 57.6 Å². The van der Waals surface area contributed by atoms with E-state index in [2.05, 4.69) is 10.6 Å². The van der Waals surface area contributed by atoms with Crippen molar-refractivity contribution >= 4 is 17.9 Å². The van der Waals surface area contributed by atoms with Gasteiger partial charge in [0.15, 0.2) is 0 Å². The molecule has 2 N–H and O–H groups in total. The average molecular weight is 510 g/mol. The Balaban J connectivity index is 2.44. The summed E-state index contributed by atoms with van der Waals surface area (Å²) < 4.78 is 5.45. The summed E-state index contributed by atoms with van der Waals surface area (Å²) in [6.45, 7) is 13.6. The van der Waals surface area contributed by atoms with Crippen LogP contribution in [0.3, 0.4) is 0 Å². The summed E-state index contributed by atoms with van der Waals surface area (Å²) in [5, 5.41) is 5.80. The van der Waals surface area contributed by atoms with Gasteiger partial charge >= 0.3 is 6.09 Å². The Kier molecular flexibility index (Phi) is 11.2. The van der Waals surface area contributed by atoms with Crippen molar-refractivity contribution in [3.05, 3.63) is 71.8 Å². The highest BCUT2D eigenvalue weighted by molar-refractivity contribution is 5.92. The van der Waals surface area contributed by atoms with Crippen LogP contribution < -0.4 is 10.6 Å². The topological polar surface area (TPSA) is 87.7 Å². The summed E-state index contributed by atoms with van der Waals surface area (Å²) >= 11 is 0. The molecule has 0 fully saturated rings. The monoisotopic (exact) mass is 509 g/mol. The van der Waals surface area contributed by atoms with Gasteiger partial charge in [0.05, 0.1) is 0 Å². The first-order valence-electron chi connectivity index (χ1n) is 13.1. The van der Waals surface area contributed by atoms with Crippen LogP contribution in [0.25, 0.3) is 0 Å². The Morgan fingerprint density at radius 3 is 2.00 bits per heavy atom. The molecule has 2 rings (SSSR count). The molecule has 0 bridgehead atoms. The van der Waals surface area contributed by atoms with E-state index in [1.807, 2.05) is 88.4 Å². The van der Waals surface area contributed by atoms with Gasteiger partial charge in [-0.1, -0.05) is 81.4 Å². The lowest BCUT2D eigenvalue weighted by atomic mass is 9.97. The highest BCUT2D eigenvalue weighted by Gasteiger charge is 2.38. The molecule has 0 radical (unpaired) electrons. The van der Waals surface area contributed by atoms with E-state index >= 15 is 0 Å². The van der Waals surface area contributed by atoms with Crippen molar-refractivity contribution in [1.82, 2.24) is 15.5 Å². The van der Waals surface area contributed by atoms with Crippen LogP contribution in [0.1, 0.15) is 78.5 Å². The molecule has 0 spiro atoms. The lowest BCUT2D eigenvalue weighted by Gasteiger charge is -2.38. The van der Waals surface area contributed by atoms with Crippen LogP contribution >= 0.6 is 0 Å². The fourth-order valence-electron chi connectivity index (χ4n) is 4.07. The lowest BCUT2D eigenvalue weighted by Crippen LogP contribution is -2.55. The van der Waals surface area contributed by atoms with Gasteiger partial charge in [-0.3, -0.25) is 9.59 Å². The van der Waals surface area contributed by atoms with Crippen LogP contribution in [-0.4, -0.2) is 40.5 Å². The number of ether oxygens (including phenoxy) is 1. The number of nitrogens with zero attached hydrogens (tertiary/aromatic N) is 1. The predicted octanol–water partition coefficient (Wildman–Crippen LogP) is 5.61. The van der Waals surface area contributed by atoms with Gasteiger partial charge in [0, 0.05) is 12.6 Å². The average Bonchev–Trinajstić information content (AvgIpc) is 2.84. The molecule has 0 aliphatic carbocycles. The van der Waals surface area contributed by atoms with E-state index in [1.165, 1.54) is 0 Å². The standard InChI is InChI=1S/C30H43N3O4/c1-8-22(4)33(28(35)25(19-21(2)3)32-29(36)37-30(5,6)7)26(24-17-13-10-14-18-24)27(34)31-20-23-15-11-9-12-16-23/h9-18,21-22,25-26H,8,19-20H2,1-7H3,(H,31,34)(H,32,36). The third kappa shape index (κ3) is 9.56. The molecule has 37 heavy (non-hydrogen) atoms. The van der Waals surface area contributed by atoms with Crippen LogP contribution in [0, 0.1) is 5.92 Å². The molecule has 3 unspecified atom stereocenters. The molecule has 3 atom stereocenters. The zero-order valence-electron chi connectivity index (χ0n) is 23.3. The Bertz CT molecular complexity index is 1000. The van der Waals surface area contributed by atoms with Crippen LogP contribution in [0.2, 0.25) is 0 Å². The molecule has 7 nitrogen and oxygen atoms in total. The molecule has 0 heterocycles. The first-order chi connectivity index (χ1) is 17.4. The number of carbonyl (C=O) groups is 3. The summed E-state index contributed by atoms with van der Waals surface area (Å²) in [6.07, 6.45) is 0.403. The van der Waals surface area contributed by atoms with Crippen LogP contribution in [0.4, 0.5) is 4.79 Å². The normalized spacial score (nSPS) is 13.8. The molecule has 0 aliphatic rings. The molecular weight excluding hydrogens is 466 g/mol. The van der Waals surface area contributed by atoms with Crippen molar-refractivity contribution in [3.63, 3.8) is 0 Å². The Morgan fingerprint density at radius 2 is 1.49 bits per heavy atom. The fraction of sp³-hybridized carbons (Fsp3) is 0.500. The smallest absolute Gasteiger partial charge is 0.408 e. The molecule has 7 heteroatoms. The number of alkyl carbamates (subject to hydrolysis) is 1. The summed E-state index contributed by atoms with van der Waals surface area (Å²) in [4.78, 5) is 42.2. The van der Waals surface area contributed by atoms with Crippen molar-refractivity contribution < 1.29 is 19.1 Å². The highest BCUT2D eigenvalue weighted by Crippen LogP contribution is 2.27. The lowest BCUT2D eigenvalue weighted by molar-refractivity contribution is -0.145. The second-order valence-electron chi connectivity index (χ2n) is 10.8. The maximum Gasteiger partial charge on any atom is 0.408 e. The van der Waals surface area contributed by atoms with Crippen molar-refractivity contribution in [2.45, 2.75) is 91.6 Å². The third-order valence-electron chi connectivity index (χ3n) is 5.97. The number of rotatable bonds is 11. The van der Waals surface area contributed by atoms with Gasteiger partial charge in [-0.15, -0.1) is 0 Å². The molecule has 2 aromatic carbocycles. The summed E-state index contributed by atoms with van der Waals surface area (Å²) in [5.74, 6) is -0.452. The van der Waals surface area contributed by atoms with E-state index in [4.69, 9.17) is 4.74 Å². The van der Waals surface area contributed by atoms with Crippen molar-refractivity contribution in [1.29, 1.82) is 0 Å². The largest absolute Gasteiger partial charge is 0.444 e. The number of nitrogens with one attached hydrogen (secondary N) is 2. The van der Waals surface area contributed by atoms with E-state index < -0.39 is 23.8 Å². The quantitative estimate of drug-likeness (QED) is 0.412. The highest BCUT2D eigenvalue weighted by atomic mass is 16.6. The molecule has 0 aromatic heterocycles. The second kappa shape index (κ2) is 13.8. The maximum absolute atomic E-state index is 14.1. The first-order valence-corrected chi connectivity index (χ1v) is 13.1. The molecule has 202 valence electrons. The van der Waals surface area contributed by atoms with Crippen molar-refractivity contribution in [2.24, 2.45) is 5.92 Å². The van der Waals surface area contributed by atoms with E-state index in [0.29, 0.717) is 24.9 Å². The fourth-order valence-corrected chi connectivity index (χ4v) is 4.07. The third-order valence-corrected chi connectivity index (χ3v) is 5.97. The zero-order chi connectivity index (χ0) is 27.6. The molecule has 0 saturated heterocycles. The minimum Gasteiger partial charge on any atom is -0.444 e. The van der Waals surface area contributed by atoms with Gasteiger partial charge in [-0.2, -0.15) is 0 Å². The number of hydrogen-bond donors (Lipinski definition) is 2. The van der Waals surface area contributed by atoms with Gasteiger partial charge < -0.3 is 20.3 Å². The summed E-state index contributed by atoms with van der Waals surface area (Å²) in [6, 6.07) is 17.0. The minimum atomic E-state index is -0.859. The number of carbonyl (C=O) groups excluding carboxylic acids is 3. The molecule has 2 aromatic rings. The van der Waals surface area contributed by atoms with Crippen molar-refractivity contribution in [3.8, 4) is 0 Å². The Morgan fingerprint density at radius 1 is 0.919 bits per heavy atom. The van der Waals surface area contributed by atoms with Gasteiger partial charge in [0.25, 0.3) is 0 Å². The van der Waals surface area contributed by atoms with E-state index in [9.17, 15) is 14.4 Å². The molecule has 3 amide bonds. The SMILES string of the molecule is CCC(C)N(C(=O)C(CC(C)C)NC(=O)OC(C)(C)C)C(C(=O)NCc1ccccc1)c1ccccc1. The van der Waals surface area contributed by atoms with Gasteiger partial charge in [0.1, 0.15) is 17.7 Å². The van der Waals surface area contributed by atoms with E-state index in [0.717, 1.165) is 5.56 Å². The Hall–Kier alpha value is -3.35. The zero-order valence-corrected chi connectivity index (χ0v) is 23.3. The summed E-state index contributed by atoms with van der Waals surface area (Å²) in [5.41, 5.74) is 0.978. The number of amides is 3. The van der Waals surface area contributed by atoms with Crippen molar-refractivity contribution in [2.75, 3.05) is 0 Å². The summed E-state index contributed by atoms with van der Waals surface area (Å²) in [7, 11) is 0.